The van der Waals surface area contributed by atoms with Crippen molar-refractivity contribution in [3.63, 3.8) is 0 Å². The predicted octanol–water partition coefficient (Wildman–Crippen LogP) is 3.71. The molecule has 1 fully saturated rings. The molecule has 1 aliphatic heterocycles. The Morgan fingerprint density at radius 3 is 2.56 bits per heavy atom. The van der Waals surface area contributed by atoms with Crippen molar-refractivity contribution in [1.29, 1.82) is 0 Å². The Kier molecular flexibility index (Phi) is 4.29. The van der Waals surface area contributed by atoms with Crippen LogP contribution in [0.4, 0.5) is 0 Å². The molecule has 1 aromatic heterocycles. The number of ether oxygens (including phenoxy) is 2. The van der Waals surface area contributed by atoms with Gasteiger partial charge in [-0.15, -0.1) is 0 Å². The number of hydrogen-bond donors (Lipinski definition) is 2. The van der Waals surface area contributed by atoms with Gasteiger partial charge >= 0.3 is 0 Å². The number of benzene rings is 2. The van der Waals surface area contributed by atoms with Crippen molar-refractivity contribution in [3.8, 4) is 11.5 Å². The number of methoxy groups -OCH3 is 1. The molecule has 27 heavy (non-hydrogen) atoms. The van der Waals surface area contributed by atoms with E-state index in [9.17, 15) is 0 Å². The van der Waals surface area contributed by atoms with E-state index in [-0.39, 0.29) is 0 Å². The quantitative estimate of drug-likeness (QED) is 0.742. The molecule has 5 rings (SSSR count). The number of nitrogens with two attached hydrogens (primary N) is 1. The molecular formula is C23H27N2O2+. The molecule has 0 unspecified atom stereocenters. The van der Waals surface area contributed by atoms with Crippen LogP contribution in [0.15, 0.2) is 42.5 Å². The molecule has 3 aromatic rings. The topological polar surface area (TPSA) is 50.9 Å². The zero-order valence-corrected chi connectivity index (χ0v) is 15.8. The zero-order chi connectivity index (χ0) is 18.2. The number of aromatic amines is 1. The first kappa shape index (κ1) is 16.7. The maximum absolute atomic E-state index is 6.13. The molecule has 2 aromatic carbocycles. The number of hydrogen-bond acceptors (Lipinski definition) is 2. The van der Waals surface area contributed by atoms with Crippen molar-refractivity contribution in [2.45, 2.75) is 44.2 Å². The minimum Gasteiger partial charge on any atom is -0.497 e. The second kappa shape index (κ2) is 6.93. The van der Waals surface area contributed by atoms with Crippen LogP contribution in [0.5, 0.6) is 11.5 Å². The molecular weight excluding hydrogens is 336 g/mol. The van der Waals surface area contributed by atoms with Gasteiger partial charge in [0, 0.05) is 22.9 Å². The van der Waals surface area contributed by atoms with Crippen LogP contribution in [-0.2, 0) is 6.42 Å². The predicted molar refractivity (Wildman–Crippen MR) is 107 cm³/mol. The van der Waals surface area contributed by atoms with E-state index in [0.29, 0.717) is 12.1 Å². The highest BCUT2D eigenvalue weighted by molar-refractivity contribution is 5.86. The van der Waals surface area contributed by atoms with Crippen molar-refractivity contribution in [2.75, 3.05) is 13.7 Å². The fourth-order valence-electron chi connectivity index (χ4n) is 4.68. The molecule has 3 N–H and O–H groups in total. The monoisotopic (exact) mass is 363 g/mol. The Bertz CT molecular complexity index is 939. The van der Waals surface area contributed by atoms with Crippen molar-refractivity contribution in [1.82, 2.24) is 4.98 Å². The number of fused-ring (bicyclic) bond motifs is 3. The number of quaternary nitrogens is 1. The molecule has 0 spiro atoms. The number of H-pyrrole nitrogens is 1. The molecule has 2 aliphatic rings. The normalized spacial score (nSPS) is 20.0. The summed E-state index contributed by atoms with van der Waals surface area (Å²) in [6.07, 6.45) is 6.48. The van der Waals surface area contributed by atoms with Gasteiger partial charge in [-0.25, -0.2) is 0 Å². The van der Waals surface area contributed by atoms with Crippen molar-refractivity contribution >= 4 is 10.9 Å². The lowest BCUT2D eigenvalue weighted by Crippen LogP contribution is -2.87. The molecule has 1 saturated carbocycles. The minimum atomic E-state index is 0.313. The lowest BCUT2D eigenvalue weighted by Gasteiger charge is -2.22. The molecule has 2 heterocycles. The summed E-state index contributed by atoms with van der Waals surface area (Å²) in [5, 5.41) is 3.73. The third-order valence-corrected chi connectivity index (χ3v) is 6.10. The van der Waals surface area contributed by atoms with Crippen LogP contribution in [0.2, 0.25) is 0 Å². The first-order valence-corrected chi connectivity index (χ1v) is 10.1. The molecule has 4 nitrogen and oxygen atoms in total. The third-order valence-electron chi connectivity index (χ3n) is 6.10. The first-order chi connectivity index (χ1) is 13.3. The lowest BCUT2D eigenvalue weighted by atomic mass is 9.94. The van der Waals surface area contributed by atoms with Crippen LogP contribution >= 0.6 is 0 Å². The fraction of sp³-hybridized carbons (Fsp3) is 0.391. The van der Waals surface area contributed by atoms with E-state index in [1.54, 1.807) is 7.11 Å². The highest BCUT2D eigenvalue weighted by atomic mass is 16.5. The van der Waals surface area contributed by atoms with Gasteiger partial charge in [-0.2, -0.15) is 0 Å². The van der Waals surface area contributed by atoms with E-state index in [1.165, 1.54) is 53.4 Å². The van der Waals surface area contributed by atoms with E-state index in [4.69, 9.17) is 9.47 Å². The summed E-state index contributed by atoms with van der Waals surface area (Å²) in [5.41, 5.74) is 5.28. The van der Waals surface area contributed by atoms with Gasteiger partial charge in [0.15, 0.2) is 6.04 Å². The molecule has 140 valence electrons. The Morgan fingerprint density at radius 2 is 1.78 bits per heavy atom. The Labute approximate surface area is 159 Å². The van der Waals surface area contributed by atoms with Crippen molar-refractivity contribution in [3.05, 3.63) is 59.3 Å². The summed E-state index contributed by atoms with van der Waals surface area (Å²) in [7, 11) is 1.73. The van der Waals surface area contributed by atoms with Crippen LogP contribution in [0.3, 0.4) is 0 Å². The van der Waals surface area contributed by atoms with Crippen molar-refractivity contribution in [2.24, 2.45) is 0 Å². The Hall–Kier alpha value is -2.46. The molecule has 4 heteroatoms. The molecule has 0 amide bonds. The third kappa shape index (κ3) is 3.08. The van der Waals surface area contributed by atoms with Crippen LogP contribution < -0.4 is 14.8 Å². The Balaban J connectivity index is 1.44. The summed E-state index contributed by atoms with van der Waals surface area (Å²) in [6.45, 7) is 1.10. The maximum Gasteiger partial charge on any atom is 0.153 e. The van der Waals surface area contributed by atoms with Crippen LogP contribution in [0, 0.1) is 0 Å². The second-order valence-electron chi connectivity index (χ2n) is 7.77. The maximum atomic E-state index is 6.13. The largest absolute Gasteiger partial charge is 0.497 e. The molecule has 1 atom stereocenters. The Morgan fingerprint density at radius 1 is 1.00 bits per heavy atom. The van der Waals surface area contributed by atoms with E-state index in [0.717, 1.165) is 24.5 Å². The zero-order valence-electron chi connectivity index (χ0n) is 15.8. The molecule has 0 bridgehead atoms. The van der Waals surface area contributed by atoms with E-state index in [2.05, 4.69) is 46.7 Å². The highest BCUT2D eigenvalue weighted by Crippen LogP contribution is 2.33. The number of rotatable bonds is 4. The highest BCUT2D eigenvalue weighted by Gasteiger charge is 2.28. The van der Waals surface area contributed by atoms with E-state index in [1.807, 2.05) is 6.07 Å². The molecule has 1 aliphatic carbocycles. The average Bonchev–Trinajstić information content (AvgIpc) is 3.35. The van der Waals surface area contributed by atoms with Gasteiger partial charge in [-0.1, -0.05) is 0 Å². The summed E-state index contributed by atoms with van der Waals surface area (Å²) in [4.78, 5) is 3.67. The van der Waals surface area contributed by atoms with Gasteiger partial charge in [0.1, 0.15) is 11.5 Å². The smallest absolute Gasteiger partial charge is 0.153 e. The van der Waals surface area contributed by atoms with Gasteiger partial charge in [-0.3, -0.25) is 0 Å². The van der Waals surface area contributed by atoms with Crippen LogP contribution in [0.25, 0.3) is 10.9 Å². The van der Waals surface area contributed by atoms with Gasteiger partial charge in [-0.05, 0) is 73.7 Å². The van der Waals surface area contributed by atoms with E-state index < -0.39 is 0 Å². The van der Waals surface area contributed by atoms with Gasteiger partial charge < -0.3 is 19.8 Å². The summed E-state index contributed by atoms with van der Waals surface area (Å²) in [6, 6.07) is 15.4. The van der Waals surface area contributed by atoms with Gasteiger partial charge in [0.2, 0.25) is 0 Å². The first-order valence-electron chi connectivity index (χ1n) is 10.1. The van der Waals surface area contributed by atoms with Crippen LogP contribution in [-0.4, -0.2) is 24.7 Å². The second-order valence-corrected chi connectivity index (χ2v) is 7.77. The van der Waals surface area contributed by atoms with Gasteiger partial charge in [0.05, 0.1) is 25.5 Å². The fourth-order valence-corrected chi connectivity index (χ4v) is 4.68. The van der Waals surface area contributed by atoms with Gasteiger partial charge in [0.25, 0.3) is 0 Å². The lowest BCUT2D eigenvalue weighted by molar-refractivity contribution is -0.690. The van der Waals surface area contributed by atoms with E-state index >= 15 is 0 Å². The molecule has 0 saturated heterocycles. The average molecular weight is 363 g/mol. The summed E-state index contributed by atoms with van der Waals surface area (Å²) >= 11 is 0. The summed E-state index contributed by atoms with van der Waals surface area (Å²) < 4.78 is 11.6. The standard InChI is InChI=1S/C23H26N2O2/c1-26-18-10-11-21-20(14-18)19-12-13-24-22(23(19)25-21)15-6-8-17(9-7-15)27-16-4-2-3-5-16/h6-11,14,16,22,24-25H,2-5,12-13H2,1H3/p+1/t22-/m0/s1. The van der Waals surface area contributed by atoms with Crippen LogP contribution in [0.1, 0.15) is 48.5 Å². The number of nitrogens with one attached hydrogen (secondary N) is 1. The molecule has 0 radical (unpaired) electrons. The number of aromatic nitrogens is 1. The minimum absolute atomic E-state index is 0.313. The summed E-state index contributed by atoms with van der Waals surface area (Å²) in [5.74, 6) is 1.92. The van der Waals surface area contributed by atoms with Crippen molar-refractivity contribution < 1.29 is 14.8 Å². The SMILES string of the molecule is COc1ccc2[nH]c3c(c2c1)CC[NH2+][C@H]3c1ccc(OC2CCCC2)cc1.